The minimum Gasteiger partial charge on any atom is -0.469 e. The Morgan fingerprint density at radius 3 is 2.87 bits per heavy atom. The van der Waals surface area contributed by atoms with Gasteiger partial charge in [0.05, 0.1) is 12.9 Å². The molecule has 1 aliphatic heterocycles. The van der Waals surface area contributed by atoms with Crippen LogP contribution < -0.4 is 5.32 Å². The van der Waals surface area contributed by atoms with Crippen LogP contribution in [0.2, 0.25) is 0 Å². The molecule has 3 nitrogen and oxygen atoms in total. The van der Waals surface area contributed by atoms with Crippen LogP contribution >= 0.6 is 12.4 Å². The summed E-state index contributed by atoms with van der Waals surface area (Å²) in [4.78, 5) is 0. The predicted octanol–water partition coefficient (Wildman–Crippen LogP) is 2.22. The number of rotatable bonds is 2. The van der Waals surface area contributed by atoms with Gasteiger partial charge in [-0.05, 0) is 12.1 Å². The van der Waals surface area contributed by atoms with Crippen LogP contribution in [0.15, 0.2) is 22.8 Å². The molecule has 1 N–H and O–H groups in total. The van der Waals surface area contributed by atoms with Crippen LogP contribution in [0.5, 0.6) is 0 Å². The molecule has 1 unspecified atom stereocenters. The Morgan fingerprint density at radius 2 is 2.33 bits per heavy atom. The smallest absolute Gasteiger partial charge is 0.115 e. The number of halogens is 1. The van der Waals surface area contributed by atoms with Gasteiger partial charge in [0, 0.05) is 18.4 Å². The molecule has 0 spiro atoms. The van der Waals surface area contributed by atoms with Crippen molar-refractivity contribution in [3.05, 3.63) is 24.2 Å². The molecule has 0 aliphatic carbocycles. The van der Waals surface area contributed by atoms with Crippen molar-refractivity contribution in [2.24, 2.45) is 5.41 Å². The monoisotopic (exact) mass is 231 g/mol. The Morgan fingerprint density at radius 1 is 1.53 bits per heavy atom. The lowest BCUT2D eigenvalue weighted by atomic mass is 9.93. The molecule has 0 radical (unpaired) electrons. The van der Waals surface area contributed by atoms with E-state index >= 15 is 0 Å². The summed E-state index contributed by atoms with van der Waals surface area (Å²) in [5.41, 5.74) is 0.250. The van der Waals surface area contributed by atoms with Gasteiger partial charge in [-0.2, -0.15) is 0 Å². The number of furan rings is 1. The van der Waals surface area contributed by atoms with Crippen molar-refractivity contribution in [3.63, 3.8) is 0 Å². The van der Waals surface area contributed by atoms with E-state index in [0.717, 1.165) is 25.3 Å². The highest BCUT2D eigenvalue weighted by Crippen LogP contribution is 2.20. The van der Waals surface area contributed by atoms with E-state index in [0.29, 0.717) is 0 Å². The molecule has 1 fully saturated rings. The van der Waals surface area contributed by atoms with Crippen LogP contribution in [-0.4, -0.2) is 19.4 Å². The lowest BCUT2D eigenvalue weighted by Crippen LogP contribution is -2.48. The number of hydrogen-bond donors (Lipinski definition) is 1. The zero-order chi connectivity index (χ0) is 10.0. The van der Waals surface area contributed by atoms with Gasteiger partial charge in [0.2, 0.25) is 0 Å². The summed E-state index contributed by atoms with van der Waals surface area (Å²) in [6, 6.07) is 3.88. The lowest BCUT2D eigenvalue weighted by molar-refractivity contribution is -0.0584. The van der Waals surface area contributed by atoms with Crippen molar-refractivity contribution in [3.8, 4) is 0 Å². The van der Waals surface area contributed by atoms with E-state index in [9.17, 15) is 0 Å². The van der Waals surface area contributed by atoms with Gasteiger partial charge in [0.15, 0.2) is 0 Å². The van der Waals surface area contributed by atoms with Crippen LogP contribution in [0.4, 0.5) is 0 Å². The maximum atomic E-state index is 5.70. The van der Waals surface area contributed by atoms with E-state index in [4.69, 9.17) is 9.15 Å². The zero-order valence-corrected chi connectivity index (χ0v) is 9.97. The van der Waals surface area contributed by atoms with Gasteiger partial charge in [-0.25, -0.2) is 0 Å². The minimum atomic E-state index is 0. The normalized spacial score (nSPS) is 24.5. The van der Waals surface area contributed by atoms with Gasteiger partial charge in [0.1, 0.15) is 12.0 Å². The van der Waals surface area contributed by atoms with Gasteiger partial charge in [-0.3, -0.25) is 5.32 Å². The molecule has 1 aromatic rings. The fraction of sp³-hybridized carbons (Fsp3) is 0.636. The van der Waals surface area contributed by atoms with Crippen LogP contribution in [0.25, 0.3) is 0 Å². The molecule has 0 aromatic carbocycles. The third-order valence-corrected chi connectivity index (χ3v) is 2.45. The molecule has 1 aromatic heterocycles. The third-order valence-electron chi connectivity index (χ3n) is 2.45. The van der Waals surface area contributed by atoms with E-state index in [1.54, 1.807) is 6.26 Å². The van der Waals surface area contributed by atoms with E-state index in [1.807, 2.05) is 12.1 Å². The summed E-state index contributed by atoms with van der Waals surface area (Å²) in [5.74, 6) is 0.974. The summed E-state index contributed by atoms with van der Waals surface area (Å²) in [6.45, 7) is 6.20. The highest BCUT2D eigenvalue weighted by Gasteiger charge is 2.27. The Hall–Kier alpha value is -0.510. The van der Waals surface area contributed by atoms with E-state index < -0.39 is 0 Å². The van der Waals surface area contributed by atoms with E-state index in [-0.39, 0.29) is 24.0 Å². The molecule has 86 valence electrons. The van der Waals surface area contributed by atoms with Crippen molar-refractivity contribution < 1.29 is 9.15 Å². The molecule has 1 atom stereocenters. The molecule has 1 saturated heterocycles. The van der Waals surface area contributed by atoms with Crippen molar-refractivity contribution in [2.75, 3.05) is 13.2 Å². The number of hydrogen-bond acceptors (Lipinski definition) is 3. The summed E-state index contributed by atoms with van der Waals surface area (Å²) in [5, 5.41) is 3.37. The molecule has 0 saturated carbocycles. The van der Waals surface area contributed by atoms with Gasteiger partial charge < -0.3 is 9.15 Å². The average molecular weight is 232 g/mol. The fourth-order valence-corrected chi connectivity index (χ4v) is 1.57. The fourth-order valence-electron chi connectivity index (χ4n) is 1.57. The maximum absolute atomic E-state index is 5.70. The van der Waals surface area contributed by atoms with Crippen molar-refractivity contribution >= 4 is 12.4 Å². The van der Waals surface area contributed by atoms with Gasteiger partial charge in [0.25, 0.3) is 0 Å². The van der Waals surface area contributed by atoms with Crippen LogP contribution in [0, 0.1) is 5.41 Å². The van der Waals surface area contributed by atoms with Crippen LogP contribution in [-0.2, 0) is 11.2 Å². The van der Waals surface area contributed by atoms with E-state index in [2.05, 4.69) is 19.2 Å². The molecular weight excluding hydrogens is 214 g/mol. The molecular formula is C11H18ClNO2. The molecule has 15 heavy (non-hydrogen) atoms. The second kappa shape index (κ2) is 5.01. The average Bonchev–Trinajstić information content (AvgIpc) is 2.61. The Bertz CT molecular complexity index is 275. The predicted molar refractivity (Wildman–Crippen MR) is 61.2 cm³/mol. The van der Waals surface area contributed by atoms with Gasteiger partial charge >= 0.3 is 0 Å². The van der Waals surface area contributed by atoms with Crippen molar-refractivity contribution in [1.29, 1.82) is 0 Å². The largest absolute Gasteiger partial charge is 0.469 e. The quantitative estimate of drug-likeness (QED) is 0.848. The van der Waals surface area contributed by atoms with Gasteiger partial charge in [-0.1, -0.05) is 13.8 Å². The van der Waals surface area contributed by atoms with Gasteiger partial charge in [-0.15, -0.1) is 12.4 Å². The van der Waals surface area contributed by atoms with Crippen LogP contribution in [0.3, 0.4) is 0 Å². The lowest BCUT2D eigenvalue weighted by Gasteiger charge is -2.35. The second-order valence-corrected chi connectivity index (χ2v) is 4.63. The number of ether oxygens (including phenoxy) is 1. The Balaban J connectivity index is 0.00000112. The first-order valence-electron chi connectivity index (χ1n) is 5.03. The highest BCUT2D eigenvalue weighted by molar-refractivity contribution is 5.85. The maximum Gasteiger partial charge on any atom is 0.115 e. The van der Waals surface area contributed by atoms with Crippen LogP contribution in [0.1, 0.15) is 19.6 Å². The topological polar surface area (TPSA) is 34.4 Å². The first-order chi connectivity index (χ1) is 6.66. The number of nitrogens with one attached hydrogen (secondary N) is 1. The summed E-state index contributed by atoms with van der Waals surface area (Å²) >= 11 is 0. The Labute approximate surface area is 96.6 Å². The minimum absolute atomic E-state index is 0. The van der Waals surface area contributed by atoms with Crippen molar-refractivity contribution in [1.82, 2.24) is 5.32 Å². The SMILES string of the molecule is CC1(C)CNC(Cc2ccco2)OC1.Cl. The molecule has 0 amide bonds. The summed E-state index contributed by atoms with van der Waals surface area (Å²) < 4.78 is 11.0. The Kier molecular flexibility index (Phi) is 4.20. The molecule has 4 heteroatoms. The molecule has 1 aliphatic rings. The third kappa shape index (κ3) is 3.52. The molecule has 2 rings (SSSR count). The molecule has 2 heterocycles. The molecule has 0 bridgehead atoms. The van der Waals surface area contributed by atoms with E-state index in [1.165, 1.54) is 0 Å². The summed E-state index contributed by atoms with van der Waals surface area (Å²) in [7, 11) is 0. The van der Waals surface area contributed by atoms with Crippen molar-refractivity contribution in [2.45, 2.75) is 26.5 Å². The zero-order valence-electron chi connectivity index (χ0n) is 9.16. The first kappa shape index (κ1) is 12.6. The standard InChI is InChI=1S/C11H17NO2.ClH/c1-11(2)7-12-10(14-8-11)6-9-4-3-5-13-9;/h3-5,10,12H,6-8H2,1-2H3;1H. The second-order valence-electron chi connectivity index (χ2n) is 4.63. The first-order valence-corrected chi connectivity index (χ1v) is 5.03. The summed E-state index contributed by atoms with van der Waals surface area (Å²) in [6.07, 6.45) is 2.61. The highest BCUT2D eigenvalue weighted by atomic mass is 35.5.